The largest absolute Gasteiger partial charge is 0.497 e. The molecule has 0 N–H and O–H groups in total. The van der Waals surface area contributed by atoms with Crippen molar-refractivity contribution in [2.24, 2.45) is 10.2 Å². The molecule has 0 bridgehead atoms. The number of aromatic nitrogens is 1. The lowest BCUT2D eigenvalue weighted by atomic mass is 10.1. The fourth-order valence-electron chi connectivity index (χ4n) is 2.86. The van der Waals surface area contributed by atoms with E-state index >= 15 is 0 Å². The Labute approximate surface area is 181 Å². The number of hydrogen-bond acceptors (Lipinski definition) is 4. The van der Waals surface area contributed by atoms with Gasteiger partial charge in [-0.25, -0.2) is 0 Å². The second-order valence-corrected chi connectivity index (χ2v) is 7.95. The van der Waals surface area contributed by atoms with Gasteiger partial charge in [0.15, 0.2) is 0 Å². The van der Waals surface area contributed by atoms with Crippen molar-refractivity contribution >= 4 is 33.5 Å². The Morgan fingerprint density at radius 3 is 2.34 bits per heavy atom. The maximum absolute atomic E-state index is 5.19. The van der Waals surface area contributed by atoms with E-state index in [0.29, 0.717) is 0 Å². The van der Waals surface area contributed by atoms with Gasteiger partial charge in [-0.1, -0.05) is 46.3 Å². The van der Waals surface area contributed by atoms with Crippen molar-refractivity contribution in [3.05, 3.63) is 99.1 Å². The minimum atomic E-state index is 0.805. The van der Waals surface area contributed by atoms with Crippen LogP contribution in [0.5, 0.6) is 5.75 Å². The highest BCUT2D eigenvalue weighted by atomic mass is 79.9. The van der Waals surface area contributed by atoms with Crippen LogP contribution in [-0.2, 0) is 0 Å². The summed E-state index contributed by atoms with van der Waals surface area (Å²) in [5.41, 5.74) is 4.21. The third-order valence-corrected chi connectivity index (χ3v) is 5.67. The minimum Gasteiger partial charge on any atom is -0.497 e. The summed E-state index contributed by atoms with van der Waals surface area (Å²) in [6.45, 7) is 0. The SMILES string of the molecule is COc1ccc(C=NN=c2scc(-c3ccc(Br)cc3)n2-c2ccccc2)cc1. The highest BCUT2D eigenvalue weighted by Crippen LogP contribution is 2.25. The summed E-state index contributed by atoms with van der Waals surface area (Å²) in [4.78, 5) is 0.805. The summed E-state index contributed by atoms with van der Waals surface area (Å²) in [5, 5.41) is 10.9. The molecule has 3 aromatic carbocycles. The molecule has 0 aliphatic carbocycles. The number of ether oxygens (including phenoxy) is 1. The number of hydrogen-bond donors (Lipinski definition) is 0. The van der Waals surface area contributed by atoms with E-state index in [-0.39, 0.29) is 0 Å². The van der Waals surface area contributed by atoms with Crippen molar-refractivity contribution < 1.29 is 4.74 Å². The van der Waals surface area contributed by atoms with Gasteiger partial charge in [0.1, 0.15) is 5.75 Å². The van der Waals surface area contributed by atoms with Crippen LogP contribution in [0.3, 0.4) is 0 Å². The Morgan fingerprint density at radius 1 is 0.931 bits per heavy atom. The van der Waals surface area contributed by atoms with Crippen LogP contribution in [0, 0.1) is 0 Å². The van der Waals surface area contributed by atoms with E-state index in [2.05, 4.69) is 60.3 Å². The lowest BCUT2D eigenvalue weighted by Crippen LogP contribution is -2.13. The number of thiazole rings is 1. The Balaban J connectivity index is 1.75. The van der Waals surface area contributed by atoms with Gasteiger partial charge in [-0.3, -0.25) is 4.57 Å². The molecule has 4 nitrogen and oxygen atoms in total. The molecule has 4 rings (SSSR count). The molecule has 0 unspecified atom stereocenters. The number of halogens is 1. The lowest BCUT2D eigenvalue weighted by molar-refractivity contribution is 0.415. The average molecular weight is 464 g/mol. The average Bonchev–Trinajstić information content (AvgIpc) is 3.19. The van der Waals surface area contributed by atoms with Gasteiger partial charge in [-0.15, -0.1) is 16.4 Å². The zero-order valence-corrected chi connectivity index (χ0v) is 18.1. The summed E-state index contributed by atoms with van der Waals surface area (Å²) in [6.07, 6.45) is 1.74. The molecule has 0 atom stereocenters. The third kappa shape index (κ3) is 4.55. The highest BCUT2D eigenvalue weighted by molar-refractivity contribution is 9.10. The Hall–Kier alpha value is -2.96. The van der Waals surface area contributed by atoms with Crippen molar-refractivity contribution in [2.45, 2.75) is 0 Å². The first-order chi connectivity index (χ1) is 14.2. The van der Waals surface area contributed by atoms with Gasteiger partial charge in [0.2, 0.25) is 4.80 Å². The smallest absolute Gasteiger partial charge is 0.215 e. The van der Waals surface area contributed by atoms with Crippen LogP contribution in [0.25, 0.3) is 16.9 Å². The maximum Gasteiger partial charge on any atom is 0.215 e. The number of para-hydroxylation sites is 1. The zero-order valence-electron chi connectivity index (χ0n) is 15.7. The molecule has 0 amide bonds. The lowest BCUT2D eigenvalue weighted by Gasteiger charge is -2.09. The summed E-state index contributed by atoms with van der Waals surface area (Å²) < 4.78 is 8.36. The summed E-state index contributed by atoms with van der Waals surface area (Å²) in [7, 11) is 1.65. The molecule has 0 aliphatic heterocycles. The molecule has 1 aromatic heterocycles. The molecule has 6 heteroatoms. The second kappa shape index (κ2) is 9.03. The van der Waals surface area contributed by atoms with Crippen LogP contribution in [0.2, 0.25) is 0 Å². The van der Waals surface area contributed by atoms with Gasteiger partial charge in [-0.2, -0.15) is 5.10 Å². The predicted molar refractivity (Wildman–Crippen MR) is 123 cm³/mol. The minimum absolute atomic E-state index is 0.805. The predicted octanol–water partition coefficient (Wildman–Crippen LogP) is 5.91. The van der Waals surface area contributed by atoms with Crippen molar-refractivity contribution in [3.8, 4) is 22.7 Å². The molecule has 0 saturated carbocycles. The Morgan fingerprint density at radius 2 is 1.66 bits per heavy atom. The Kier molecular flexibility index (Phi) is 6.03. The quantitative estimate of drug-likeness (QED) is 0.267. The third-order valence-electron chi connectivity index (χ3n) is 4.33. The van der Waals surface area contributed by atoms with E-state index in [1.807, 2.05) is 54.6 Å². The van der Waals surface area contributed by atoms with Gasteiger partial charge in [0.05, 0.1) is 19.0 Å². The van der Waals surface area contributed by atoms with E-state index in [9.17, 15) is 0 Å². The van der Waals surface area contributed by atoms with Crippen LogP contribution < -0.4 is 9.54 Å². The first kappa shape index (κ1) is 19.4. The zero-order chi connectivity index (χ0) is 20.1. The number of nitrogens with zero attached hydrogens (tertiary/aromatic N) is 3. The van der Waals surface area contributed by atoms with Gasteiger partial charge in [0, 0.05) is 15.5 Å². The number of rotatable bonds is 5. The summed E-state index contributed by atoms with van der Waals surface area (Å²) in [6, 6.07) is 26.2. The van der Waals surface area contributed by atoms with E-state index in [1.165, 1.54) is 0 Å². The molecule has 0 fully saturated rings. The van der Waals surface area contributed by atoms with Gasteiger partial charge in [-0.05, 0) is 59.7 Å². The topological polar surface area (TPSA) is 38.9 Å². The van der Waals surface area contributed by atoms with Crippen LogP contribution in [0.4, 0.5) is 0 Å². The van der Waals surface area contributed by atoms with Crippen LogP contribution in [-0.4, -0.2) is 17.9 Å². The second-order valence-electron chi connectivity index (χ2n) is 6.20. The molecule has 4 aromatic rings. The van der Waals surface area contributed by atoms with Crippen LogP contribution in [0.15, 0.2) is 98.9 Å². The summed E-state index contributed by atoms with van der Waals surface area (Å²) in [5.74, 6) is 0.818. The van der Waals surface area contributed by atoms with Crippen LogP contribution in [0.1, 0.15) is 5.56 Å². The molecular formula is C23H18BrN3OS. The molecule has 0 spiro atoms. The monoisotopic (exact) mass is 463 g/mol. The molecular weight excluding hydrogens is 446 g/mol. The van der Waals surface area contributed by atoms with Gasteiger partial charge >= 0.3 is 0 Å². The van der Waals surface area contributed by atoms with E-state index in [1.54, 1.807) is 24.7 Å². The molecule has 0 aliphatic rings. The van der Waals surface area contributed by atoms with E-state index in [4.69, 9.17) is 4.74 Å². The normalized spacial score (nSPS) is 11.9. The molecule has 0 radical (unpaired) electrons. The van der Waals surface area contributed by atoms with Gasteiger partial charge < -0.3 is 4.74 Å². The first-order valence-electron chi connectivity index (χ1n) is 8.97. The highest BCUT2D eigenvalue weighted by Gasteiger charge is 2.10. The van der Waals surface area contributed by atoms with Crippen molar-refractivity contribution in [3.63, 3.8) is 0 Å². The van der Waals surface area contributed by atoms with Crippen LogP contribution >= 0.6 is 27.3 Å². The Bertz CT molecular complexity index is 1180. The first-order valence-corrected chi connectivity index (χ1v) is 10.6. The molecule has 144 valence electrons. The van der Waals surface area contributed by atoms with Crippen molar-refractivity contribution in [1.29, 1.82) is 0 Å². The molecule has 29 heavy (non-hydrogen) atoms. The number of benzene rings is 3. The molecule has 0 saturated heterocycles. The molecule has 1 heterocycles. The van der Waals surface area contributed by atoms with Crippen molar-refractivity contribution in [2.75, 3.05) is 7.11 Å². The fraction of sp³-hybridized carbons (Fsp3) is 0.0435. The number of methoxy groups -OCH3 is 1. The summed E-state index contributed by atoms with van der Waals surface area (Å²) >= 11 is 5.06. The van der Waals surface area contributed by atoms with E-state index in [0.717, 1.165) is 37.5 Å². The van der Waals surface area contributed by atoms with Gasteiger partial charge in [0.25, 0.3) is 0 Å². The fourth-order valence-corrected chi connectivity index (χ4v) is 3.99. The standard InChI is InChI=1S/C23H18BrN3OS/c1-28-21-13-7-17(8-14-21)15-25-26-23-27(20-5-3-2-4-6-20)22(16-29-23)18-9-11-19(24)12-10-18/h2-16H,1H3. The van der Waals surface area contributed by atoms with Crippen molar-refractivity contribution in [1.82, 2.24) is 4.57 Å². The maximum atomic E-state index is 5.19. The van der Waals surface area contributed by atoms with E-state index < -0.39 is 0 Å².